The zero-order chi connectivity index (χ0) is 22.0. The SMILES string of the molecule is COC(=O)c1sccc1S(=O)(=O)N(C)Cc1cn(-c2ccccc2)nc1-c1cccs1. The molecule has 0 saturated heterocycles. The van der Waals surface area contributed by atoms with Gasteiger partial charge in [0, 0.05) is 25.4 Å². The van der Waals surface area contributed by atoms with Crippen LogP contribution < -0.4 is 0 Å². The Labute approximate surface area is 188 Å². The molecule has 4 rings (SSSR count). The van der Waals surface area contributed by atoms with Crippen LogP contribution in [0.3, 0.4) is 0 Å². The van der Waals surface area contributed by atoms with Gasteiger partial charge in [0.05, 0.1) is 17.7 Å². The van der Waals surface area contributed by atoms with Gasteiger partial charge in [-0.25, -0.2) is 17.9 Å². The van der Waals surface area contributed by atoms with Gasteiger partial charge < -0.3 is 4.74 Å². The Morgan fingerprint density at radius 3 is 2.55 bits per heavy atom. The Morgan fingerprint density at radius 2 is 1.87 bits per heavy atom. The van der Waals surface area contributed by atoms with E-state index in [0.29, 0.717) is 0 Å². The Hall–Kier alpha value is -2.79. The van der Waals surface area contributed by atoms with Crippen molar-refractivity contribution in [3.63, 3.8) is 0 Å². The zero-order valence-corrected chi connectivity index (χ0v) is 19.2. The predicted octanol–water partition coefficient (Wildman–Crippen LogP) is 4.27. The van der Waals surface area contributed by atoms with E-state index in [2.05, 4.69) is 0 Å². The summed E-state index contributed by atoms with van der Waals surface area (Å²) in [4.78, 5) is 12.9. The zero-order valence-electron chi connectivity index (χ0n) is 16.8. The van der Waals surface area contributed by atoms with Gasteiger partial charge in [-0.3, -0.25) is 0 Å². The number of aromatic nitrogens is 2. The maximum Gasteiger partial charge on any atom is 0.349 e. The molecule has 3 aromatic heterocycles. The van der Waals surface area contributed by atoms with Crippen LogP contribution in [0.5, 0.6) is 0 Å². The fourth-order valence-corrected chi connectivity index (χ4v) is 6.29. The molecule has 3 heterocycles. The van der Waals surface area contributed by atoms with Crippen molar-refractivity contribution in [3.8, 4) is 16.3 Å². The molecular formula is C21H19N3O4S3. The van der Waals surface area contributed by atoms with Crippen LogP contribution in [-0.2, 0) is 21.3 Å². The Morgan fingerprint density at radius 1 is 1.10 bits per heavy atom. The summed E-state index contributed by atoms with van der Waals surface area (Å²) in [7, 11) is -1.19. The molecule has 4 aromatic rings. The number of benzene rings is 1. The van der Waals surface area contributed by atoms with Crippen LogP contribution in [0.1, 0.15) is 15.2 Å². The maximum absolute atomic E-state index is 13.2. The highest BCUT2D eigenvalue weighted by atomic mass is 32.2. The van der Waals surface area contributed by atoms with Gasteiger partial charge in [0.2, 0.25) is 10.0 Å². The van der Waals surface area contributed by atoms with E-state index in [9.17, 15) is 13.2 Å². The van der Waals surface area contributed by atoms with Crippen LogP contribution in [-0.4, -0.2) is 42.6 Å². The topological polar surface area (TPSA) is 81.5 Å². The minimum atomic E-state index is -3.91. The Bertz CT molecular complexity index is 1290. The summed E-state index contributed by atoms with van der Waals surface area (Å²) in [5.41, 5.74) is 2.36. The highest BCUT2D eigenvalue weighted by Crippen LogP contribution is 2.31. The van der Waals surface area contributed by atoms with Gasteiger partial charge in [-0.05, 0) is 35.0 Å². The molecule has 0 N–H and O–H groups in total. The average Bonchev–Trinajstić information content (AvgIpc) is 3.54. The van der Waals surface area contributed by atoms with Crippen molar-refractivity contribution in [2.24, 2.45) is 0 Å². The summed E-state index contributed by atoms with van der Waals surface area (Å²) in [6.07, 6.45) is 1.84. The molecule has 0 aliphatic heterocycles. The first-order valence-electron chi connectivity index (χ1n) is 9.22. The van der Waals surface area contributed by atoms with E-state index in [1.807, 2.05) is 54.0 Å². The first kappa shape index (κ1) is 21.4. The summed E-state index contributed by atoms with van der Waals surface area (Å²) in [6, 6.07) is 14.9. The number of sulfonamides is 1. The summed E-state index contributed by atoms with van der Waals surface area (Å²) in [6.45, 7) is 0.0961. The van der Waals surface area contributed by atoms with Gasteiger partial charge in [-0.1, -0.05) is 24.3 Å². The van der Waals surface area contributed by atoms with Crippen LogP contribution in [0.4, 0.5) is 0 Å². The molecule has 0 spiro atoms. The Kier molecular flexibility index (Phi) is 6.05. The van der Waals surface area contributed by atoms with Gasteiger partial charge in [-0.2, -0.15) is 9.40 Å². The number of para-hydroxylation sites is 1. The molecule has 31 heavy (non-hydrogen) atoms. The van der Waals surface area contributed by atoms with E-state index in [-0.39, 0.29) is 16.3 Å². The standard InChI is InChI=1S/C21H19N3O4S3/c1-23(31(26,27)18-10-12-30-20(18)21(25)28-2)13-15-14-24(16-7-4-3-5-8-16)22-19(15)17-9-6-11-29-17/h3-12,14H,13H2,1-2H3. The van der Waals surface area contributed by atoms with E-state index < -0.39 is 16.0 Å². The van der Waals surface area contributed by atoms with Gasteiger partial charge >= 0.3 is 5.97 Å². The number of esters is 1. The molecule has 0 aliphatic carbocycles. The number of rotatable bonds is 7. The highest BCUT2D eigenvalue weighted by Gasteiger charge is 2.29. The molecule has 0 bridgehead atoms. The van der Waals surface area contributed by atoms with Crippen LogP contribution in [0.25, 0.3) is 16.3 Å². The molecule has 7 nitrogen and oxygen atoms in total. The first-order valence-corrected chi connectivity index (χ1v) is 12.4. The summed E-state index contributed by atoms with van der Waals surface area (Å²) in [5.74, 6) is -0.668. The van der Waals surface area contributed by atoms with Crippen molar-refractivity contribution in [3.05, 3.63) is 75.9 Å². The van der Waals surface area contributed by atoms with E-state index in [1.54, 1.807) is 10.1 Å². The van der Waals surface area contributed by atoms with E-state index in [0.717, 1.165) is 33.2 Å². The van der Waals surface area contributed by atoms with E-state index in [1.165, 1.54) is 35.9 Å². The van der Waals surface area contributed by atoms with Crippen molar-refractivity contribution >= 4 is 38.7 Å². The lowest BCUT2D eigenvalue weighted by atomic mass is 10.2. The highest BCUT2D eigenvalue weighted by molar-refractivity contribution is 7.89. The van der Waals surface area contributed by atoms with Gasteiger partial charge in [0.1, 0.15) is 15.5 Å². The number of nitrogens with zero attached hydrogens (tertiary/aromatic N) is 3. The molecule has 0 atom stereocenters. The third-order valence-electron chi connectivity index (χ3n) is 4.65. The smallest absolute Gasteiger partial charge is 0.349 e. The number of thiophene rings is 2. The van der Waals surface area contributed by atoms with Crippen molar-refractivity contribution in [2.45, 2.75) is 11.4 Å². The molecule has 0 radical (unpaired) electrons. The van der Waals surface area contributed by atoms with Crippen molar-refractivity contribution in [1.82, 2.24) is 14.1 Å². The minimum Gasteiger partial charge on any atom is -0.465 e. The second-order valence-electron chi connectivity index (χ2n) is 6.63. The van der Waals surface area contributed by atoms with Crippen molar-refractivity contribution < 1.29 is 17.9 Å². The normalized spacial score (nSPS) is 11.7. The molecule has 0 amide bonds. The molecule has 0 saturated carbocycles. The monoisotopic (exact) mass is 473 g/mol. The lowest BCUT2D eigenvalue weighted by Gasteiger charge is -2.17. The number of carbonyl (C=O) groups is 1. The Balaban J connectivity index is 1.71. The number of hydrogen-bond donors (Lipinski definition) is 0. The lowest BCUT2D eigenvalue weighted by molar-refractivity contribution is 0.0602. The number of hydrogen-bond acceptors (Lipinski definition) is 7. The number of carbonyl (C=O) groups excluding carboxylic acids is 1. The molecule has 1 aromatic carbocycles. The van der Waals surface area contributed by atoms with Crippen LogP contribution in [0, 0.1) is 0 Å². The molecule has 10 heteroatoms. The molecule has 160 valence electrons. The van der Waals surface area contributed by atoms with E-state index >= 15 is 0 Å². The summed E-state index contributed by atoms with van der Waals surface area (Å²) < 4.78 is 34.1. The van der Waals surface area contributed by atoms with Crippen LogP contribution in [0.15, 0.2) is 70.4 Å². The summed E-state index contributed by atoms with van der Waals surface area (Å²) >= 11 is 2.58. The lowest BCUT2D eigenvalue weighted by Crippen LogP contribution is -2.27. The third kappa shape index (κ3) is 4.19. The van der Waals surface area contributed by atoms with E-state index in [4.69, 9.17) is 9.84 Å². The van der Waals surface area contributed by atoms with Gasteiger partial charge in [0.15, 0.2) is 0 Å². The second-order valence-corrected chi connectivity index (χ2v) is 10.5. The average molecular weight is 474 g/mol. The first-order chi connectivity index (χ1) is 14.9. The predicted molar refractivity (Wildman–Crippen MR) is 121 cm³/mol. The maximum atomic E-state index is 13.2. The fraction of sp³-hybridized carbons (Fsp3) is 0.143. The molecule has 0 unspecified atom stereocenters. The summed E-state index contributed by atoms with van der Waals surface area (Å²) in [5, 5.41) is 8.23. The van der Waals surface area contributed by atoms with Crippen LogP contribution >= 0.6 is 22.7 Å². The second kappa shape index (κ2) is 8.75. The van der Waals surface area contributed by atoms with Crippen molar-refractivity contribution in [1.29, 1.82) is 0 Å². The third-order valence-corrected chi connectivity index (χ3v) is 8.39. The number of methoxy groups -OCH3 is 1. The van der Waals surface area contributed by atoms with Gasteiger partial charge in [-0.15, -0.1) is 22.7 Å². The molecular weight excluding hydrogens is 454 g/mol. The number of ether oxygens (including phenoxy) is 1. The fourth-order valence-electron chi connectivity index (χ4n) is 3.09. The minimum absolute atomic E-state index is 0.0556. The van der Waals surface area contributed by atoms with Gasteiger partial charge in [0.25, 0.3) is 0 Å². The van der Waals surface area contributed by atoms with Crippen molar-refractivity contribution in [2.75, 3.05) is 14.2 Å². The van der Waals surface area contributed by atoms with Crippen LogP contribution in [0.2, 0.25) is 0 Å². The molecule has 0 fully saturated rings. The molecule has 0 aliphatic rings. The quantitative estimate of drug-likeness (QED) is 0.375. The largest absolute Gasteiger partial charge is 0.465 e.